The smallest absolute Gasteiger partial charge is 0.223 e. The highest BCUT2D eigenvalue weighted by Gasteiger charge is 2.26. The second-order valence-electron chi connectivity index (χ2n) is 6.91. The van der Waals surface area contributed by atoms with Crippen molar-refractivity contribution in [2.45, 2.75) is 25.2 Å². The van der Waals surface area contributed by atoms with Crippen LogP contribution in [0.1, 0.15) is 36.3 Å². The molecular formula is C22H24N2O2. The van der Waals surface area contributed by atoms with Gasteiger partial charge in [0.25, 0.3) is 0 Å². The van der Waals surface area contributed by atoms with Crippen LogP contribution >= 0.6 is 0 Å². The molecule has 26 heavy (non-hydrogen) atoms. The molecule has 134 valence electrons. The molecule has 4 rings (SSSR count). The Balaban J connectivity index is 1.74. The van der Waals surface area contributed by atoms with Crippen molar-refractivity contribution in [1.29, 1.82) is 0 Å². The van der Waals surface area contributed by atoms with Gasteiger partial charge in [-0.15, -0.1) is 0 Å². The maximum absolute atomic E-state index is 12.9. The molecule has 0 aliphatic carbocycles. The lowest BCUT2D eigenvalue weighted by atomic mass is 9.87. The second kappa shape index (κ2) is 7.24. The molecule has 1 atom stereocenters. The number of para-hydroxylation sites is 1. The second-order valence-corrected chi connectivity index (χ2v) is 6.91. The van der Waals surface area contributed by atoms with Crippen molar-refractivity contribution in [2.75, 3.05) is 20.2 Å². The SMILES string of the molecule is COc1cccc(C(CC(=O)N2CCCC2)c2c[nH]c3ccccc23)c1. The topological polar surface area (TPSA) is 45.3 Å². The average molecular weight is 348 g/mol. The molecule has 1 fully saturated rings. The van der Waals surface area contributed by atoms with E-state index in [1.165, 1.54) is 10.9 Å². The number of aromatic nitrogens is 1. The first-order valence-electron chi connectivity index (χ1n) is 9.24. The standard InChI is InChI=1S/C22H24N2O2/c1-26-17-8-6-7-16(13-17)19(14-22(25)24-11-4-5-12-24)20-15-23-21-10-3-2-9-18(20)21/h2-3,6-10,13,15,19,23H,4-5,11-12,14H2,1H3. The van der Waals surface area contributed by atoms with Crippen LogP contribution in [0.2, 0.25) is 0 Å². The fourth-order valence-corrected chi connectivity index (χ4v) is 3.92. The minimum atomic E-state index is 0.00866. The summed E-state index contributed by atoms with van der Waals surface area (Å²) in [5.74, 6) is 1.07. The first kappa shape index (κ1) is 16.7. The van der Waals surface area contributed by atoms with E-state index in [-0.39, 0.29) is 11.8 Å². The third kappa shape index (κ3) is 3.19. The van der Waals surface area contributed by atoms with E-state index in [1.54, 1.807) is 7.11 Å². The number of carbonyl (C=O) groups excluding carboxylic acids is 1. The number of amides is 1. The lowest BCUT2D eigenvalue weighted by Crippen LogP contribution is -2.29. The molecule has 1 N–H and O–H groups in total. The zero-order valence-corrected chi connectivity index (χ0v) is 15.1. The van der Waals surface area contributed by atoms with Crippen LogP contribution in [-0.4, -0.2) is 36.0 Å². The van der Waals surface area contributed by atoms with Gasteiger partial charge in [0.1, 0.15) is 5.75 Å². The number of likely N-dealkylation sites (tertiary alicyclic amines) is 1. The van der Waals surface area contributed by atoms with E-state index in [4.69, 9.17) is 4.74 Å². The van der Waals surface area contributed by atoms with Gasteiger partial charge in [-0.05, 0) is 42.2 Å². The van der Waals surface area contributed by atoms with Crippen molar-refractivity contribution in [3.05, 3.63) is 65.9 Å². The molecule has 1 aromatic heterocycles. The fraction of sp³-hybridized carbons (Fsp3) is 0.318. The van der Waals surface area contributed by atoms with Crippen LogP contribution < -0.4 is 4.74 Å². The quantitative estimate of drug-likeness (QED) is 0.746. The lowest BCUT2D eigenvalue weighted by Gasteiger charge is -2.22. The van der Waals surface area contributed by atoms with Gasteiger partial charge in [-0.2, -0.15) is 0 Å². The molecule has 1 aliphatic heterocycles. The van der Waals surface area contributed by atoms with Crippen molar-refractivity contribution in [3.8, 4) is 5.75 Å². The Labute approximate surface area is 153 Å². The van der Waals surface area contributed by atoms with Crippen LogP contribution in [0.15, 0.2) is 54.7 Å². The van der Waals surface area contributed by atoms with Crippen molar-refractivity contribution in [1.82, 2.24) is 9.88 Å². The molecule has 1 amide bonds. The Morgan fingerprint density at radius 3 is 2.77 bits per heavy atom. The largest absolute Gasteiger partial charge is 0.497 e. The summed E-state index contributed by atoms with van der Waals surface area (Å²) in [7, 11) is 1.68. The summed E-state index contributed by atoms with van der Waals surface area (Å²) in [5, 5.41) is 1.18. The number of benzene rings is 2. The minimum absolute atomic E-state index is 0.00866. The number of hydrogen-bond donors (Lipinski definition) is 1. The van der Waals surface area contributed by atoms with E-state index in [0.29, 0.717) is 6.42 Å². The van der Waals surface area contributed by atoms with Crippen LogP contribution in [-0.2, 0) is 4.79 Å². The number of rotatable bonds is 5. The van der Waals surface area contributed by atoms with Crippen LogP contribution in [0.3, 0.4) is 0 Å². The summed E-state index contributed by atoms with van der Waals surface area (Å²) in [6.07, 6.45) is 4.76. The summed E-state index contributed by atoms with van der Waals surface area (Å²) in [4.78, 5) is 18.3. The highest BCUT2D eigenvalue weighted by Crippen LogP contribution is 2.35. The first-order valence-corrected chi connectivity index (χ1v) is 9.24. The number of nitrogens with one attached hydrogen (secondary N) is 1. The number of fused-ring (bicyclic) bond motifs is 1. The molecule has 0 spiro atoms. The molecule has 2 aromatic carbocycles. The van der Waals surface area contributed by atoms with Crippen molar-refractivity contribution in [3.63, 3.8) is 0 Å². The zero-order chi connectivity index (χ0) is 17.9. The predicted octanol–water partition coefficient (Wildman–Crippen LogP) is 4.32. The Morgan fingerprint density at radius 1 is 1.15 bits per heavy atom. The van der Waals surface area contributed by atoms with E-state index < -0.39 is 0 Å². The van der Waals surface area contributed by atoms with Gasteiger partial charge >= 0.3 is 0 Å². The Morgan fingerprint density at radius 2 is 1.96 bits per heavy atom. The highest BCUT2D eigenvalue weighted by molar-refractivity contribution is 5.86. The number of aromatic amines is 1. The summed E-state index contributed by atoms with van der Waals surface area (Å²) in [5.41, 5.74) is 3.38. The molecule has 1 aliphatic rings. The molecule has 1 saturated heterocycles. The number of hydrogen-bond acceptors (Lipinski definition) is 2. The number of H-pyrrole nitrogens is 1. The molecule has 0 saturated carbocycles. The summed E-state index contributed by atoms with van der Waals surface area (Å²) in [6, 6.07) is 16.3. The molecule has 1 unspecified atom stereocenters. The van der Waals surface area contributed by atoms with Gasteiger partial charge in [0.05, 0.1) is 7.11 Å². The predicted molar refractivity (Wildman–Crippen MR) is 104 cm³/mol. The third-order valence-corrected chi connectivity index (χ3v) is 5.33. The lowest BCUT2D eigenvalue weighted by molar-refractivity contribution is -0.130. The van der Waals surface area contributed by atoms with Gasteiger partial charge in [-0.25, -0.2) is 0 Å². The van der Waals surface area contributed by atoms with Gasteiger partial charge in [0.15, 0.2) is 0 Å². The first-order chi connectivity index (χ1) is 12.8. The Hall–Kier alpha value is -2.75. The molecule has 4 heteroatoms. The van der Waals surface area contributed by atoms with E-state index >= 15 is 0 Å². The van der Waals surface area contributed by atoms with Crippen LogP contribution in [0.4, 0.5) is 0 Å². The zero-order valence-electron chi connectivity index (χ0n) is 15.1. The van der Waals surface area contributed by atoms with Crippen molar-refractivity contribution >= 4 is 16.8 Å². The van der Waals surface area contributed by atoms with E-state index in [2.05, 4.69) is 23.2 Å². The number of nitrogens with zero attached hydrogens (tertiary/aromatic N) is 1. The molecule has 0 radical (unpaired) electrons. The monoisotopic (exact) mass is 348 g/mol. The number of ether oxygens (including phenoxy) is 1. The number of methoxy groups -OCH3 is 1. The van der Waals surface area contributed by atoms with E-state index in [1.807, 2.05) is 41.4 Å². The van der Waals surface area contributed by atoms with Crippen LogP contribution in [0.25, 0.3) is 10.9 Å². The van der Waals surface area contributed by atoms with Gasteiger partial charge in [0.2, 0.25) is 5.91 Å². The van der Waals surface area contributed by atoms with Gasteiger partial charge in [0, 0.05) is 42.5 Å². The Kier molecular flexibility index (Phi) is 4.65. The maximum atomic E-state index is 12.9. The Bertz CT molecular complexity index is 909. The van der Waals surface area contributed by atoms with Crippen molar-refractivity contribution in [2.24, 2.45) is 0 Å². The van der Waals surface area contributed by atoms with Gasteiger partial charge < -0.3 is 14.6 Å². The normalized spacial score (nSPS) is 15.3. The van der Waals surface area contributed by atoms with E-state index in [9.17, 15) is 4.79 Å². The molecular weight excluding hydrogens is 324 g/mol. The summed E-state index contributed by atoms with van der Waals surface area (Å²) in [6.45, 7) is 1.77. The highest BCUT2D eigenvalue weighted by atomic mass is 16.5. The summed E-state index contributed by atoms with van der Waals surface area (Å²) < 4.78 is 5.41. The van der Waals surface area contributed by atoms with Gasteiger partial charge in [-0.3, -0.25) is 4.79 Å². The van der Waals surface area contributed by atoms with Crippen LogP contribution in [0.5, 0.6) is 5.75 Å². The van der Waals surface area contributed by atoms with Gasteiger partial charge in [-0.1, -0.05) is 30.3 Å². The van der Waals surface area contributed by atoms with Crippen molar-refractivity contribution < 1.29 is 9.53 Å². The molecule has 2 heterocycles. The molecule has 3 aromatic rings. The maximum Gasteiger partial charge on any atom is 0.223 e. The average Bonchev–Trinajstić information content (AvgIpc) is 3.36. The van der Waals surface area contributed by atoms with Crippen LogP contribution in [0, 0.1) is 0 Å². The summed E-state index contributed by atoms with van der Waals surface area (Å²) >= 11 is 0. The fourth-order valence-electron chi connectivity index (χ4n) is 3.92. The molecule has 4 nitrogen and oxygen atoms in total. The third-order valence-electron chi connectivity index (χ3n) is 5.33. The molecule has 0 bridgehead atoms. The number of carbonyl (C=O) groups is 1. The van der Waals surface area contributed by atoms with E-state index in [0.717, 1.165) is 42.8 Å². The minimum Gasteiger partial charge on any atom is -0.497 e.